The molecule has 0 saturated carbocycles. The third kappa shape index (κ3) is 6.89. The number of thiazole rings is 1. The highest BCUT2D eigenvalue weighted by Crippen LogP contribution is 2.37. The number of hydrogen-bond donors (Lipinski definition) is 3. The van der Waals surface area contributed by atoms with Gasteiger partial charge in [-0.15, -0.1) is 0 Å². The Labute approximate surface area is 243 Å². The van der Waals surface area contributed by atoms with Crippen molar-refractivity contribution in [3.05, 3.63) is 53.0 Å². The zero-order valence-electron chi connectivity index (χ0n) is 22.5. The molecule has 232 valence electrons. The summed E-state index contributed by atoms with van der Waals surface area (Å²) in [6.45, 7) is 4.87. The van der Waals surface area contributed by atoms with E-state index in [1.54, 1.807) is 0 Å². The molecular weight excluding hydrogens is 630 g/mol. The average molecular weight is 653 g/mol. The SMILES string of the molecule is Cc1cc(-c2cc(C(F)(F)F)n3ncc(OC(=O)Nc4nc(C)c(S(=O)(=O)NC(C)(C)CO)s4)c3n2)ccc1C(F)(F)F. The van der Waals surface area contributed by atoms with Crippen molar-refractivity contribution in [3.63, 3.8) is 0 Å². The van der Waals surface area contributed by atoms with Gasteiger partial charge in [0.05, 0.1) is 35.3 Å². The molecule has 1 amide bonds. The molecule has 0 atom stereocenters. The highest BCUT2D eigenvalue weighted by Gasteiger charge is 2.37. The third-order valence-corrected chi connectivity index (χ3v) is 9.15. The minimum Gasteiger partial charge on any atom is -0.404 e. The summed E-state index contributed by atoms with van der Waals surface area (Å²) in [6.07, 6.45) is -10.2. The highest BCUT2D eigenvalue weighted by molar-refractivity contribution is 7.91. The van der Waals surface area contributed by atoms with Crippen molar-refractivity contribution in [2.24, 2.45) is 0 Å². The number of benzene rings is 1. The Morgan fingerprint density at radius 2 is 1.74 bits per heavy atom. The van der Waals surface area contributed by atoms with Gasteiger partial charge in [0.2, 0.25) is 0 Å². The predicted octanol–water partition coefficient (Wildman–Crippen LogP) is 5.17. The van der Waals surface area contributed by atoms with Crippen LogP contribution in [0, 0.1) is 13.8 Å². The van der Waals surface area contributed by atoms with E-state index in [0.29, 0.717) is 21.9 Å². The molecule has 0 unspecified atom stereocenters. The zero-order chi connectivity index (χ0) is 32.1. The molecule has 0 spiro atoms. The van der Waals surface area contributed by atoms with Gasteiger partial charge in [-0.2, -0.15) is 31.4 Å². The van der Waals surface area contributed by atoms with Gasteiger partial charge in [-0.1, -0.05) is 17.4 Å². The van der Waals surface area contributed by atoms with E-state index in [1.165, 1.54) is 20.8 Å². The van der Waals surface area contributed by atoms with E-state index in [4.69, 9.17) is 4.74 Å². The summed E-state index contributed by atoms with van der Waals surface area (Å²) >= 11 is 0.551. The number of carbonyl (C=O) groups is 1. The van der Waals surface area contributed by atoms with Crippen LogP contribution < -0.4 is 14.8 Å². The van der Waals surface area contributed by atoms with E-state index in [-0.39, 0.29) is 31.9 Å². The molecule has 1 aromatic carbocycles. The van der Waals surface area contributed by atoms with Crippen LogP contribution >= 0.6 is 11.3 Å². The standard InChI is InChI=1S/C24H22F6N6O5S2/c1-11-7-13(5-6-14(11)23(25,26)27)15-8-17(24(28,29)30)36-18(33-15)16(9-31-36)41-21(38)34-20-32-12(2)19(42-20)43(39,40)35-22(3,4)10-37/h5-9,35,37H,10H2,1-4H3,(H,32,34,38). The van der Waals surface area contributed by atoms with Gasteiger partial charge < -0.3 is 9.84 Å². The largest absolute Gasteiger partial charge is 0.433 e. The van der Waals surface area contributed by atoms with Crippen LogP contribution in [0.4, 0.5) is 36.3 Å². The molecule has 0 bridgehead atoms. The number of anilines is 1. The van der Waals surface area contributed by atoms with Gasteiger partial charge in [0, 0.05) is 5.56 Å². The fraction of sp³-hybridized carbons (Fsp3) is 0.333. The lowest BCUT2D eigenvalue weighted by atomic mass is 10.0. The van der Waals surface area contributed by atoms with Crippen LogP contribution in [0.1, 0.15) is 36.4 Å². The summed E-state index contributed by atoms with van der Waals surface area (Å²) in [4.78, 5) is 20.6. The molecule has 3 aromatic heterocycles. The lowest BCUT2D eigenvalue weighted by Gasteiger charge is -2.22. The number of amides is 1. The van der Waals surface area contributed by atoms with Crippen LogP contribution in [0.5, 0.6) is 5.75 Å². The van der Waals surface area contributed by atoms with Gasteiger partial charge in [-0.25, -0.2) is 32.4 Å². The van der Waals surface area contributed by atoms with Gasteiger partial charge in [0.1, 0.15) is 0 Å². The number of alkyl halides is 6. The lowest BCUT2D eigenvalue weighted by molar-refractivity contribution is -0.142. The minimum atomic E-state index is -4.98. The van der Waals surface area contributed by atoms with Crippen LogP contribution in [0.3, 0.4) is 0 Å². The Morgan fingerprint density at radius 1 is 1.07 bits per heavy atom. The molecule has 0 aliphatic carbocycles. The Hall–Kier alpha value is -3.81. The van der Waals surface area contributed by atoms with Crippen LogP contribution in [-0.2, 0) is 22.4 Å². The van der Waals surface area contributed by atoms with Crippen molar-refractivity contribution in [2.75, 3.05) is 11.9 Å². The number of nitrogens with zero attached hydrogens (tertiary/aromatic N) is 4. The first-order valence-corrected chi connectivity index (χ1v) is 14.3. The fourth-order valence-electron chi connectivity index (χ4n) is 3.85. The molecule has 3 heterocycles. The number of aliphatic hydroxyl groups is 1. The Kier molecular flexibility index (Phi) is 8.24. The van der Waals surface area contributed by atoms with E-state index < -0.39 is 63.3 Å². The smallest absolute Gasteiger partial charge is 0.404 e. The number of aromatic nitrogens is 4. The van der Waals surface area contributed by atoms with E-state index in [1.807, 2.05) is 0 Å². The number of ether oxygens (including phenoxy) is 1. The van der Waals surface area contributed by atoms with Gasteiger partial charge >= 0.3 is 18.4 Å². The number of halogens is 6. The maximum Gasteiger partial charge on any atom is 0.433 e. The molecule has 0 saturated heterocycles. The van der Waals surface area contributed by atoms with E-state index in [0.717, 1.165) is 31.3 Å². The first-order chi connectivity index (χ1) is 19.7. The number of fused-ring (bicyclic) bond motifs is 1. The lowest BCUT2D eigenvalue weighted by Crippen LogP contribution is -2.46. The Balaban J connectivity index is 1.66. The van der Waals surface area contributed by atoms with Crippen molar-refractivity contribution in [2.45, 2.75) is 49.8 Å². The van der Waals surface area contributed by atoms with Crippen LogP contribution in [0.25, 0.3) is 16.9 Å². The van der Waals surface area contributed by atoms with Gasteiger partial charge in [0.25, 0.3) is 10.0 Å². The number of aliphatic hydroxyl groups excluding tert-OH is 1. The van der Waals surface area contributed by atoms with Crippen molar-refractivity contribution < 1.29 is 49.4 Å². The second-order valence-corrected chi connectivity index (χ2v) is 12.7. The molecule has 0 fully saturated rings. The summed E-state index contributed by atoms with van der Waals surface area (Å²) in [5, 5.41) is 14.9. The molecule has 0 aliphatic heterocycles. The minimum absolute atomic E-state index is 0.00508. The van der Waals surface area contributed by atoms with Crippen LogP contribution in [0.15, 0.2) is 34.7 Å². The Bertz CT molecular complexity index is 1820. The predicted molar refractivity (Wildman–Crippen MR) is 141 cm³/mol. The van der Waals surface area contributed by atoms with Crippen molar-refractivity contribution >= 4 is 38.2 Å². The summed E-state index contributed by atoms with van der Waals surface area (Å²) < 4.78 is 114. The molecule has 0 aliphatic rings. The number of hydrogen-bond acceptors (Lipinski definition) is 9. The molecule has 19 heteroatoms. The van der Waals surface area contributed by atoms with Gasteiger partial charge in [0.15, 0.2) is 26.4 Å². The monoisotopic (exact) mass is 652 g/mol. The topological polar surface area (TPSA) is 148 Å². The number of sulfonamides is 1. The molecule has 11 nitrogen and oxygen atoms in total. The molecule has 0 radical (unpaired) electrons. The Morgan fingerprint density at radius 3 is 2.33 bits per heavy atom. The maximum absolute atomic E-state index is 13.9. The number of nitrogens with one attached hydrogen (secondary N) is 2. The molecular formula is C24H22F6N6O5S2. The highest BCUT2D eigenvalue weighted by atomic mass is 32.2. The van der Waals surface area contributed by atoms with Crippen molar-refractivity contribution in [1.29, 1.82) is 0 Å². The summed E-state index contributed by atoms with van der Waals surface area (Å²) in [7, 11) is -4.16. The normalized spacial score (nSPS) is 13.0. The second kappa shape index (κ2) is 11.0. The quantitative estimate of drug-likeness (QED) is 0.232. The molecule has 3 N–H and O–H groups in total. The van der Waals surface area contributed by atoms with Gasteiger partial charge in [-0.3, -0.25) is 5.32 Å². The van der Waals surface area contributed by atoms with Crippen LogP contribution in [0.2, 0.25) is 0 Å². The molecule has 4 aromatic rings. The fourth-order valence-corrected chi connectivity index (χ4v) is 6.65. The maximum atomic E-state index is 13.9. The third-order valence-electron chi connectivity index (χ3n) is 5.77. The number of rotatable bonds is 7. The molecule has 4 rings (SSSR count). The van der Waals surface area contributed by atoms with E-state index in [9.17, 15) is 44.7 Å². The van der Waals surface area contributed by atoms with Crippen molar-refractivity contribution in [3.8, 4) is 17.0 Å². The van der Waals surface area contributed by atoms with Crippen molar-refractivity contribution in [1.82, 2.24) is 24.3 Å². The zero-order valence-corrected chi connectivity index (χ0v) is 24.2. The number of carbonyl (C=O) groups excluding carboxylic acids is 1. The summed E-state index contributed by atoms with van der Waals surface area (Å²) in [5.74, 6) is -0.541. The van der Waals surface area contributed by atoms with Gasteiger partial charge in [-0.05, 0) is 51.5 Å². The summed E-state index contributed by atoms with van der Waals surface area (Å²) in [5.41, 5.74) is -4.78. The molecule has 43 heavy (non-hydrogen) atoms. The average Bonchev–Trinajstić information content (AvgIpc) is 3.44. The second-order valence-electron chi connectivity index (χ2n) is 9.85. The first kappa shape index (κ1) is 32.1. The number of aryl methyl sites for hydroxylation is 2. The van der Waals surface area contributed by atoms with E-state index in [2.05, 4.69) is 25.1 Å². The van der Waals surface area contributed by atoms with E-state index >= 15 is 0 Å². The van der Waals surface area contributed by atoms with Crippen LogP contribution in [-0.4, -0.2) is 51.3 Å². The summed E-state index contributed by atoms with van der Waals surface area (Å²) in [6, 6.07) is 3.30. The first-order valence-electron chi connectivity index (χ1n) is 12.0.